The summed E-state index contributed by atoms with van der Waals surface area (Å²) in [6, 6.07) is 9.06. The fraction of sp³-hybridized carbons (Fsp3) is 0.438. The van der Waals surface area contributed by atoms with Crippen molar-refractivity contribution < 1.29 is 4.74 Å². The molecule has 0 unspecified atom stereocenters. The topological polar surface area (TPSA) is 34.1 Å². The average Bonchev–Trinajstić information content (AvgIpc) is 3.13. The zero-order valence-electron chi connectivity index (χ0n) is 11.7. The zero-order valence-corrected chi connectivity index (χ0v) is 11.7. The van der Waals surface area contributed by atoms with Crippen molar-refractivity contribution in [2.45, 2.75) is 45.8 Å². The largest absolute Gasteiger partial charge is 0.474 e. The molecule has 19 heavy (non-hydrogen) atoms. The van der Waals surface area contributed by atoms with Crippen molar-refractivity contribution in [1.29, 1.82) is 0 Å². The highest BCUT2D eigenvalue weighted by molar-refractivity contribution is 5.97. The lowest BCUT2D eigenvalue weighted by Gasteiger charge is -2.15. The van der Waals surface area contributed by atoms with E-state index in [1.54, 1.807) is 0 Å². The second-order valence-electron chi connectivity index (χ2n) is 5.55. The van der Waals surface area contributed by atoms with Gasteiger partial charge in [-0.25, -0.2) is 4.98 Å². The van der Waals surface area contributed by atoms with Crippen LogP contribution in [0.2, 0.25) is 0 Å². The van der Waals surface area contributed by atoms with E-state index in [2.05, 4.69) is 34.6 Å². The van der Waals surface area contributed by atoms with Crippen LogP contribution in [0, 0.1) is 6.92 Å². The second-order valence-corrected chi connectivity index (χ2v) is 5.55. The number of anilines is 1. The van der Waals surface area contributed by atoms with Gasteiger partial charge in [-0.3, -0.25) is 0 Å². The molecule has 2 aromatic rings. The molecule has 3 heteroatoms. The van der Waals surface area contributed by atoms with Gasteiger partial charge in [0.05, 0.1) is 6.10 Å². The predicted octanol–water partition coefficient (Wildman–Crippen LogP) is 3.90. The Bertz CT molecular complexity index is 603. The van der Waals surface area contributed by atoms with Crippen LogP contribution in [0.1, 0.15) is 32.4 Å². The molecular formula is C16H20N2O. The van der Waals surface area contributed by atoms with Crippen molar-refractivity contribution in [3.05, 3.63) is 30.0 Å². The van der Waals surface area contributed by atoms with Crippen LogP contribution in [0.15, 0.2) is 24.3 Å². The van der Waals surface area contributed by atoms with Gasteiger partial charge in [-0.15, -0.1) is 0 Å². The van der Waals surface area contributed by atoms with Crippen LogP contribution in [0.4, 0.5) is 5.69 Å². The Kier molecular flexibility index (Phi) is 3.05. The molecule has 1 fully saturated rings. The van der Waals surface area contributed by atoms with Gasteiger partial charge in [0.15, 0.2) is 0 Å². The Morgan fingerprint density at radius 2 is 2.05 bits per heavy atom. The summed E-state index contributed by atoms with van der Waals surface area (Å²) in [6.07, 6.45) is 2.68. The molecule has 0 spiro atoms. The first-order valence-corrected chi connectivity index (χ1v) is 6.97. The molecule has 100 valence electrons. The highest BCUT2D eigenvalue weighted by atomic mass is 16.5. The maximum atomic E-state index is 5.85. The van der Waals surface area contributed by atoms with Crippen molar-refractivity contribution in [2.24, 2.45) is 0 Å². The summed E-state index contributed by atoms with van der Waals surface area (Å²) in [5.74, 6) is 0.740. The van der Waals surface area contributed by atoms with Crippen molar-refractivity contribution in [2.75, 3.05) is 5.32 Å². The van der Waals surface area contributed by atoms with Gasteiger partial charge in [-0.1, -0.05) is 6.07 Å². The van der Waals surface area contributed by atoms with Gasteiger partial charge in [0.2, 0.25) is 5.88 Å². The van der Waals surface area contributed by atoms with Crippen LogP contribution in [0.3, 0.4) is 0 Å². The van der Waals surface area contributed by atoms with E-state index in [4.69, 9.17) is 4.74 Å². The van der Waals surface area contributed by atoms with Gasteiger partial charge in [0, 0.05) is 28.2 Å². The Labute approximate surface area is 114 Å². The lowest BCUT2D eigenvalue weighted by Crippen LogP contribution is -2.08. The number of ether oxygens (including phenoxy) is 1. The number of rotatable bonds is 4. The van der Waals surface area contributed by atoms with E-state index in [9.17, 15) is 0 Å². The van der Waals surface area contributed by atoms with E-state index >= 15 is 0 Å². The molecule has 3 nitrogen and oxygen atoms in total. The minimum atomic E-state index is 0.137. The smallest absolute Gasteiger partial charge is 0.221 e. The predicted molar refractivity (Wildman–Crippen MR) is 78.9 cm³/mol. The first-order valence-electron chi connectivity index (χ1n) is 6.97. The van der Waals surface area contributed by atoms with E-state index < -0.39 is 0 Å². The summed E-state index contributed by atoms with van der Waals surface area (Å²) in [6.45, 7) is 6.07. The van der Waals surface area contributed by atoms with Gasteiger partial charge >= 0.3 is 0 Å². The number of nitrogens with one attached hydrogen (secondary N) is 1. The highest BCUT2D eigenvalue weighted by Crippen LogP contribution is 2.33. The molecule has 0 bridgehead atoms. The number of hydrogen-bond acceptors (Lipinski definition) is 3. The number of benzene rings is 1. The molecule has 0 radical (unpaired) electrons. The fourth-order valence-corrected chi connectivity index (χ4v) is 2.26. The van der Waals surface area contributed by atoms with E-state index in [0.29, 0.717) is 6.04 Å². The summed E-state index contributed by atoms with van der Waals surface area (Å²) < 4.78 is 5.85. The molecule has 0 atom stereocenters. The minimum Gasteiger partial charge on any atom is -0.474 e. The molecule has 1 N–H and O–H groups in total. The van der Waals surface area contributed by atoms with Gasteiger partial charge in [-0.05, 0) is 51.8 Å². The number of aryl methyl sites for hydroxylation is 1. The van der Waals surface area contributed by atoms with Crippen LogP contribution in [0.5, 0.6) is 5.88 Å². The lowest BCUT2D eigenvalue weighted by atomic mass is 10.1. The Hall–Kier alpha value is -1.77. The van der Waals surface area contributed by atoms with E-state index in [-0.39, 0.29) is 6.10 Å². The third kappa shape index (κ3) is 2.65. The minimum absolute atomic E-state index is 0.137. The molecule has 1 saturated carbocycles. The van der Waals surface area contributed by atoms with Crippen LogP contribution in [0.25, 0.3) is 10.8 Å². The Morgan fingerprint density at radius 3 is 2.74 bits per heavy atom. The number of fused-ring (bicyclic) bond motifs is 1. The fourth-order valence-electron chi connectivity index (χ4n) is 2.26. The lowest BCUT2D eigenvalue weighted by molar-refractivity contribution is 0.235. The summed E-state index contributed by atoms with van der Waals surface area (Å²) in [7, 11) is 0. The normalized spacial score (nSPS) is 14.9. The third-order valence-electron chi connectivity index (χ3n) is 3.25. The van der Waals surface area contributed by atoms with Crippen LogP contribution >= 0.6 is 0 Å². The molecule has 1 aromatic heterocycles. The zero-order chi connectivity index (χ0) is 13.4. The number of nitrogens with zero attached hydrogens (tertiary/aromatic N) is 1. The molecule has 0 aliphatic heterocycles. The molecule has 1 aliphatic carbocycles. The number of pyridine rings is 1. The first-order chi connectivity index (χ1) is 9.13. The molecular weight excluding hydrogens is 236 g/mol. The summed E-state index contributed by atoms with van der Waals surface area (Å²) in [4.78, 5) is 4.53. The molecule has 0 saturated heterocycles. The molecule has 1 aliphatic rings. The van der Waals surface area contributed by atoms with Crippen molar-refractivity contribution in [3.63, 3.8) is 0 Å². The van der Waals surface area contributed by atoms with Crippen LogP contribution in [-0.4, -0.2) is 17.1 Å². The Balaban J connectivity index is 2.10. The molecule has 1 heterocycles. The standard InChI is InChI=1S/C16H20N2O/c1-10(2)19-16-13-5-4-6-15(18-12-7-8-12)14(13)9-11(3)17-16/h4-6,9-10,12,18H,7-8H2,1-3H3. The third-order valence-corrected chi connectivity index (χ3v) is 3.25. The first kappa shape index (κ1) is 12.3. The van der Waals surface area contributed by atoms with E-state index in [0.717, 1.165) is 17.0 Å². The molecule has 1 aromatic carbocycles. The maximum Gasteiger partial charge on any atom is 0.221 e. The van der Waals surface area contributed by atoms with Crippen molar-refractivity contribution >= 4 is 16.5 Å². The molecule has 3 rings (SSSR count). The van der Waals surface area contributed by atoms with Crippen molar-refractivity contribution in [3.8, 4) is 5.88 Å². The Morgan fingerprint density at radius 1 is 1.26 bits per heavy atom. The van der Waals surface area contributed by atoms with Gasteiger partial charge in [-0.2, -0.15) is 0 Å². The van der Waals surface area contributed by atoms with Gasteiger partial charge < -0.3 is 10.1 Å². The highest BCUT2D eigenvalue weighted by Gasteiger charge is 2.22. The quantitative estimate of drug-likeness (QED) is 0.900. The SMILES string of the molecule is Cc1cc2c(NC3CC3)cccc2c(OC(C)C)n1. The van der Waals surface area contributed by atoms with Crippen molar-refractivity contribution in [1.82, 2.24) is 4.98 Å². The average molecular weight is 256 g/mol. The monoisotopic (exact) mass is 256 g/mol. The van der Waals surface area contributed by atoms with E-state index in [1.807, 2.05) is 20.8 Å². The maximum absolute atomic E-state index is 5.85. The summed E-state index contributed by atoms with van der Waals surface area (Å²) >= 11 is 0. The molecule has 0 amide bonds. The van der Waals surface area contributed by atoms with E-state index in [1.165, 1.54) is 23.9 Å². The van der Waals surface area contributed by atoms with Gasteiger partial charge in [0.25, 0.3) is 0 Å². The van der Waals surface area contributed by atoms with Crippen LogP contribution < -0.4 is 10.1 Å². The summed E-state index contributed by atoms with van der Waals surface area (Å²) in [5, 5.41) is 5.88. The van der Waals surface area contributed by atoms with Crippen LogP contribution in [-0.2, 0) is 0 Å². The second kappa shape index (κ2) is 4.72. The number of aromatic nitrogens is 1. The number of hydrogen-bond donors (Lipinski definition) is 1. The summed E-state index contributed by atoms with van der Waals surface area (Å²) in [5.41, 5.74) is 2.19. The van der Waals surface area contributed by atoms with Gasteiger partial charge in [0.1, 0.15) is 0 Å².